The first-order valence-electron chi connectivity index (χ1n) is 4.90. The molecule has 0 amide bonds. The van der Waals surface area contributed by atoms with Crippen LogP contribution in [-0.4, -0.2) is 36.7 Å². The quantitative estimate of drug-likeness (QED) is 0.275. The average molecular weight is 264 g/mol. The van der Waals surface area contributed by atoms with Crippen LogP contribution in [0.15, 0.2) is 12.7 Å². The molecule has 0 aromatic carbocycles. The van der Waals surface area contributed by atoms with Crippen LogP contribution in [0.3, 0.4) is 0 Å². The number of carbonyl (C=O) groups excluding carboxylic acids is 2. The van der Waals surface area contributed by atoms with Gasteiger partial charge in [-0.25, -0.2) is 4.79 Å². The maximum absolute atomic E-state index is 10.7. The predicted molar refractivity (Wildman–Crippen MR) is 67.3 cm³/mol. The molecule has 0 fully saturated rings. The van der Waals surface area contributed by atoms with E-state index >= 15 is 0 Å². The second-order valence-electron chi connectivity index (χ2n) is 2.59. The Morgan fingerprint density at radius 1 is 1.19 bits per heavy atom. The number of hydrogen-bond acceptors (Lipinski definition) is 6. The first kappa shape index (κ1) is 15.4. The van der Waals surface area contributed by atoms with Gasteiger partial charge in [0.2, 0.25) is 0 Å². The minimum atomic E-state index is -0.400. The van der Waals surface area contributed by atoms with E-state index in [2.05, 4.69) is 6.58 Å². The molecule has 0 aromatic rings. The third kappa shape index (κ3) is 9.92. The van der Waals surface area contributed by atoms with E-state index in [-0.39, 0.29) is 5.97 Å². The van der Waals surface area contributed by atoms with E-state index in [0.29, 0.717) is 25.4 Å². The molecule has 0 atom stereocenters. The number of ether oxygens (including phenoxy) is 2. The van der Waals surface area contributed by atoms with Crippen molar-refractivity contribution in [2.75, 3.05) is 24.7 Å². The summed E-state index contributed by atoms with van der Waals surface area (Å²) in [6.45, 7) is 5.85. The molecule has 0 rings (SSSR count). The van der Waals surface area contributed by atoms with Crippen molar-refractivity contribution in [2.45, 2.75) is 13.3 Å². The van der Waals surface area contributed by atoms with Crippen LogP contribution in [0.4, 0.5) is 0 Å². The van der Waals surface area contributed by atoms with Crippen molar-refractivity contribution in [1.29, 1.82) is 0 Å². The van der Waals surface area contributed by atoms with Gasteiger partial charge >= 0.3 is 11.9 Å². The van der Waals surface area contributed by atoms with Crippen LogP contribution < -0.4 is 0 Å². The van der Waals surface area contributed by atoms with E-state index in [1.807, 2.05) is 0 Å². The zero-order chi connectivity index (χ0) is 12.2. The van der Waals surface area contributed by atoms with Gasteiger partial charge in [0.1, 0.15) is 13.2 Å². The van der Waals surface area contributed by atoms with Gasteiger partial charge < -0.3 is 9.47 Å². The maximum Gasteiger partial charge on any atom is 0.330 e. The number of esters is 2. The van der Waals surface area contributed by atoms with Crippen LogP contribution in [0.2, 0.25) is 0 Å². The summed E-state index contributed by atoms with van der Waals surface area (Å²) in [5, 5.41) is 0. The molecular formula is C10H16O4S2. The second kappa shape index (κ2) is 10.9. The molecule has 4 nitrogen and oxygen atoms in total. The Morgan fingerprint density at radius 2 is 1.75 bits per heavy atom. The van der Waals surface area contributed by atoms with E-state index in [1.165, 1.54) is 0 Å². The smallest absolute Gasteiger partial charge is 0.330 e. The van der Waals surface area contributed by atoms with Crippen molar-refractivity contribution in [3.8, 4) is 0 Å². The van der Waals surface area contributed by atoms with Gasteiger partial charge in [-0.05, 0) is 0 Å². The third-order valence-corrected chi connectivity index (χ3v) is 3.71. The first-order valence-corrected chi connectivity index (χ1v) is 7.38. The van der Waals surface area contributed by atoms with E-state index in [9.17, 15) is 9.59 Å². The molecule has 0 aliphatic heterocycles. The highest BCUT2D eigenvalue weighted by atomic mass is 33.1. The van der Waals surface area contributed by atoms with Crippen LogP contribution in [0.1, 0.15) is 13.3 Å². The molecule has 0 aromatic heterocycles. The minimum Gasteiger partial charge on any atom is -0.465 e. The first-order chi connectivity index (χ1) is 7.70. The maximum atomic E-state index is 10.7. The van der Waals surface area contributed by atoms with Crippen LogP contribution in [0, 0.1) is 0 Å². The van der Waals surface area contributed by atoms with Gasteiger partial charge in [0.25, 0.3) is 0 Å². The molecule has 0 saturated heterocycles. The summed E-state index contributed by atoms with van der Waals surface area (Å²) in [4.78, 5) is 21.4. The summed E-state index contributed by atoms with van der Waals surface area (Å²) in [6.07, 6.45) is 1.55. The summed E-state index contributed by atoms with van der Waals surface area (Å²) in [5.74, 6) is 0.880. The standard InChI is InChI=1S/C10H16O4S2/c1-3-9(11)13-5-7-15-16-8-6-14-10(12)4-2/h3H,1,4-8H2,2H3. The van der Waals surface area contributed by atoms with Crippen LogP contribution >= 0.6 is 21.6 Å². The topological polar surface area (TPSA) is 52.6 Å². The van der Waals surface area contributed by atoms with Gasteiger partial charge in [-0.15, -0.1) is 0 Å². The van der Waals surface area contributed by atoms with Crippen molar-refractivity contribution in [1.82, 2.24) is 0 Å². The lowest BCUT2D eigenvalue weighted by Gasteiger charge is -2.03. The largest absolute Gasteiger partial charge is 0.465 e. The Hall–Kier alpha value is -0.620. The summed E-state index contributed by atoms with van der Waals surface area (Å²) in [7, 11) is 3.17. The van der Waals surface area contributed by atoms with E-state index in [1.54, 1.807) is 28.5 Å². The van der Waals surface area contributed by atoms with E-state index < -0.39 is 5.97 Å². The highest BCUT2D eigenvalue weighted by molar-refractivity contribution is 8.76. The monoisotopic (exact) mass is 264 g/mol. The minimum absolute atomic E-state index is 0.175. The number of carbonyl (C=O) groups is 2. The average Bonchev–Trinajstić information content (AvgIpc) is 2.31. The Morgan fingerprint density at radius 3 is 2.25 bits per heavy atom. The van der Waals surface area contributed by atoms with Crippen molar-refractivity contribution in [3.05, 3.63) is 12.7 Å². The zero-order valence-electron chi connectivity index (χ0n) is 9.27. The van der Waals surface area contributed by atoms with Gasteiger partial charge in [0.15, 0.2) is 0 Å². The normalized spacial score (nSPS) is 9.56. The molecule has 0 heterocycles. The van der Waals surface area contributed by atoms with Crippen LogP contribution in [-0.2, 0) is 19.1 Å². The lowest BCUT2D eigenvalue weighted by Crippen LogP contribution is -2.05. The van der Waals surface area contributed by atoms with Crippen LogP contribution in [0.5, 0.6) is 0 Å². The molecule has 0 bridgehead atoms. The molecule has 92 valence electrons. The van der Waals surface area contributed by atoms with Gasteiger partial charge in [-0.1, -0.05) is 35.1 Å². The fraction of sp³-hybridized carbons (Fsp3) is 0.600. The Balaban J connectivity index is 3.13. The highest BCUT2D eigenvalue weighted by Gasteiger charge is 1.98. The fourth-order valence-corrected chi connectivity index (χ4v) is 2.30. The Labute approximate surface area is 104 Å². The molecular weight excluding hydrogens is 248 g/mol. The van der Waals surface area contributed by atoms with Crippen molar-refractivity contribution in [3.63, 3.8) is 0 Å². The van der Waals surface area contributed by atoms with Gasteiger partial charge in [-0.3, -0.25) is 4.79 Å². The summed E-state index contributed by atoms with van der Waals surface area (Å²) in [6, 6.07) is 0. The summed E-state index contributed by atoms with van der Waals surface area (Å²) < 4.78 is 9.66. The van der Waals surface area contributed by atoms with Crippen LogP contribution in [0.25, 0.3) is 0 Å². The molecule has 0 spiro atoms. The molecule has 16 heavy (non-hydrogen) atoms. The molecule has 0 aliphatic rings. The van der Waals surface area contributed by atoms with Crippen molar-refractivity contribution >= 4 is 33.5 Å². The SMILES string of the molecule is C=CC(=O)OCCSSCCOC(=O)CC. The number of hydrogen-bond donors (Lipinski definition) is 0. The molecule has 0 saturated carbocycles. The van der Waals surface area contributed by atoms with Gasteiger partial charge in [0.05, 0.1) is 0 Å². The molecule has 0 N–H and O–H groups in total. The van der Waals surface area contributed by atoms with Crippen molar-refractivity contribution < 1.29 is 19.1 Å². The molecule has 0 radical (unpaired) electrons. The molecule has 6 heteroatoms. The van der Waals surface area contributed by atoms with E-state index in [0.717, 1.165) is 11.8 Å². The Bertz CT molecular complexity index is 231. The predicted octanol–water partition coefficient (Wildman–Crippen LogP) is 2.05. The highest BCUT2D eigenvalue weighted by Crippen LogP contribution is 2.20. The molecule has 0 aliphatic carbocycles. The van der Waals surface area contributed by atoms with Gasteiger partial charge in [-0.2, -0.15) is 0 Å². The number of rotatable bonds is 9. The van der Waals surface area contributed by atoms with Crippen molar-refractivity contribution in [2.24, 2.45) is 0 Å². The Kier molecular flexibility index (Phi) is 10.5. The van der Waals surface area contributed by atoms with Gasteiger partial charge in [0, 0.05) is 24.0 Å². The second-order valence-corrected chi connectivity index (χ2v) is 5.29. The summed E-state index contributed by atoms with van der Waals surface area (Å²) >= 11 is 0. The lowest BCUT2D eigenvalue weighted by molar-refractivity contribution is -0.142. The van der Waals surface area contributed by atoms with E-state index in [4.69, 9.17) is 9.47 Å². The third-order valence-electron chi connectivity index (χ3n) is 1.38. The summed E-state index contributed by atoms with van der Waals surface area (Å²) in [5.41, 5.74) is 0. The lowest BCUT2D eigenvalue weighted by atomic mass is 10.5. The molecule has 0 unspecified atom stereocenters. The fourth-order valence-electron chi connectivity index (χ4n) is 0.645. The zero-order valence-corrected chi connectivity index (χ0v) is 10.9.